The molecule has 4 aromatic rings. The van der Waals surface area contributed by atoms with Crippen LogP contribution in [0.4, 0.5) is 9.59 Å². The summed E-state index contributed by atoms with van der Waals surface area (Å²) in [5, 5.41) is -0.362. The van der Waals surface area contributed by atoms with Crippen molar-refractivity contribution in [1.29, 1.82) is 0 Å². The number of hydrogen-bond donors (Lipinski definition) is 0. The fraction of sp³-hybridized carbons (Fsp3) is 0.161. The lowest BCUT2D eigenvalue weighted by Gasteiger charge is -2.26. The summed E-state index contributed by atoms with van der Waals surface area (Å²) < 4.78 is 21.1. The molecule has 0 radical (unpaired) electrons. The van der Waals surface area contributed by atoms with Gasteiger partial charge in [0.05, 0.1) is 7.11 Å². The van der Waals surface area contributed by atoms with Crippen molar-refractivity contribution >= 4 is 23.2 Å². The van der Waals surface area contributed by atoms with Crippen molar-refractivity contribution in [2.75, 3.05) is 13.4 Å². The monoisotopic (exact) mass is 528 g/mol. The Bertz CT molecular complexity index is 1380. The molecule has 0 amide bonds. The smallest absolute Gasteiger partial charge is 0.497 e. The Morgan fingerprint density at radius 1 is 0.579 bits per heavy atom. The van der Waals surface area contributed by atoms with E-state index in [0.29, 0.717) is 17.2 Å². The first kappa shape index (κ1) is 26.8. The molecule has 0 aromatic heterocycles. The maximum Gasteiger partial charge on any atom is 0.519 e. The topological polar surface area (TPSA) is 71.1 Å². The Morgan fingerprint density at radius 2 is 0.947 bits per heavy atom. The molecular formula is C31H28O6S. The van der Waals surface area contributed by atoms with Crippen LogP contribution in [0.2, 0.25) is 0 Å². The standard InChI is InChI=1S/C31H28O6S/c1-31(2,23-9-17-25(34-3)18-10-23)24-11-19-27(20-12-24)36-29(32)35-26-13-5-21(6-14-26)22-7-15-28(16-8-22)37-30(33)38-4/h5-20H,1-4H3. The lowest BCUT2D eigenvalue weighted by molar-refractivity contribution is 0.152. The zero-order valence-electron chi connectivity index (χ0n) is 21.6. The first-order chi connectivity index (χ1) is 18.3. The van der Waals surface area contributed by atoms with Gasteiger partial charge >= 0.3 is 11.5 Å². The average molecular weight is 529 g/mol. The van der Waals surface area contributed by atoms with Crippen LogP contribution in [0.15, 0.2) is 97.1 Å². The Hall–Kier alpha value is -4.23. The third kappa shape index (κ3) is 6.55. The van der Waals surface area contributed by atoms with E-state index in [9.17, 15) is 9.59 Å². The number of ether oxygens (including phenoxy) is 4. The molecule has 4 aromatic carbocycles. The summed E-state index contributed by atoms with van der Waals surface area (Å²) in [5.41, 5.74) is 3.83. The van der Waals surface area contributed by atoms with Gasteiger partial charge in [-0.3, -0.25) is 0 Å². The minimum Gasteiger partial charge on any atom is -0.497 e. The lowest BCUT2D eigenvalue weighted by Crippen LogP contribution is -2.19. The van der Waals surface area contributed by atoms with Crippen molar-refractivity contribution in [3.05, 3.63) is 108 Å². The highest BCUT2D eigenvalue weighted by molar-refractivity contribution is 8.12. The molecule has 194 valence electrons. The second kappa shape index (κ2) is 11.9. The Labute approximate surface area is 226 Å². The third-order valence-electron chi connectivity index (χ3n) is 6.20. The molecule has 7 heteroatoms. The predicted octanol–water partition coefficient (Wildman–Crippen LogP) is 8.13. The summed E-state index contributed by atoms with van der Waals surface area (Å²) in [6.45, 7) is 4.27. The largest absolute Gasteiger partial charge is 0.519 e. The summed E-state index contributed by atoms with van der Waals surface area (Å²) in [7, 11) is 1.65. The van der Waals surface area contributed by atoms with Gasteiger partial charge in [0.25, 0.3) is 0 Å². The molecule has 6 nitrogen and oxygen atoms in total. The van der Waals surface area contributed by atoms with Crippen LogP contribution in [0.3, 0.4) is 0 Å². The normalized spacial score (nSPS) is 10.9. The van der Waals surface area contributed by atoms with Gasteiger partial charge in [0.15, 0.2) is 0 Å². The van der Waals surface area contributed by atoms with E-state index in [1.54, 1.807) is 49.8 Å². The summed E-state index contributed by atoms with van der Waals surface area (Å²) in [4.78, 5) is 23.7. The molecule has 0 spiro atoms. The fourth-order valence-corrected chi connectivity index (χ4v) is 4.08. The lowest BCUT2D eigenvalue weighted by atomic mass is 9.78. The van der Waals surface area contributed by atoms with Crippen molar-refractivity contribution < 1.29 is 28.5 Å². The molecule has 0 aliphatic carbocycles. The van der Waals surface area contributed by atoms with E-state index in [4.69, 9.17) is 18.9 Å². The van der Waals surface area contributed by atoms with Crippen LogP contribution in [0, 0.1) is 0 Å². The van der Waals surface area contributed by atoms with E-state index >= 15 is 0 Å². The minimum atomic E-state index is -0.820. The van der Waals surface area contributed by atoms with Crippen LogP contribution in [0.1, 0.15) is 25.0 Å². The van der Waals surface area contributed by atoms with Gasteiger partial charge < -0.3 is 18.9 Å². The number of hydrogen-bond acceptors (Lipinski definition) is 7. The van der Waals surface area contributed by atoms with E-state index in [1.807, 2.05) is 60.7 Å². The molecule has 0 aliphatic heterocycles. The quantitative estimate of drug-likeness (QED) is 0.177. The molecular weight excluding hydrogens is 500 g/mol. The van der Waals surface area contributed by atoms with Gasteiger partial charge in [0, 0.05) is 5.41 Å². The van der Waals surface area contributed by atoms with Crippen molar-refractivity contribution in [2.45, 2.75) is 19.3 Å². The summed E-state index contributed by atoms with van der Waals surface area (Å²) in [5.74, 6) is 2.05. The van der Waals surface area contributed by atoms with Crippen molar-refractivity contribution in [2.24, 2.45) is 0 Å². The van der Waals surface area contributed by atoms with E-state index in [1.165, 1.54) is 0 Å². The fourth-order valence-electron chi connectivity index (χ4n) is 3.90. The van der Waals surface area contributed by atoms with Crippen molar-refractivity contribution in [1.82, 2.24) is 0 Å². The number of carbonyl (C=O) groups is 2. The van der Waals surface area contributed by atoms with E-state index < -0.39 is 6.16 Å². The first-order valence-corrected chi connectivity index (χ1v) is 13.1. The van der Waals surface area contributed by atoms with Gasteiger partial charge in [-0.25, -0.2) is 9.59 Å². The molecule has 0 fully saturated rings. The molecule has 4 rings (SSSR count). The SMILES string of the molecule is COc1ccc(C(C)(C)c2ccc(OC(=O)Oc3ccc(-c4ccc(OC(=O)SC)cc4)cc3)cc2)cc1. The van der Waals surface area contributed by atoms with Gasteiger partial charge in [-0.2, -0.15) is 0 Å². The van der Waals surface area contributed by atoms with Crippen LogP contribution in [0.25, 0.3) is 11.1 Å². The highest BCUT2D eigenvalue weighted by Crippen LogP contribution is 2.33. The maximum absolute atomic E-state index is 12.4. The zero-order chi connectivity index (χ0) is 27.1. The number of thioether (sulfide) groups is 1. The van der Waals surface area contributed by atoms with Crippen LogP contribution >= 0.6 is 11.8 Å². The second-order valence-electron chi connectivity index (χ2n) is 8.94. The van der Waals surface area contributed by atoms with Gasteiger partial charge in [0.1, 0.15) is 23.0 Å². The Balaban J connectivity index is 1.34. The third-order valence-corrected chi connectivity index (χ3v) is 6.62. The van der Waals surface area contributed by atoms with Crippen molar-refractivity contribution in [3.63, 3.8) is 0 Å². The molecule has 0 atom stereocenters. The Kier molecular flexibility index (Phi) is 8.38. The second-order valence-corrected chi connectivity index (χ2v) is 9.68. The molecule has 0 unspecified atom stereocenters. The van der Waals surface area contributed by atoms with E-state index in [2.05, 4.69) is 13.8 Å². The molecule has 0 aliphatic rings. The van der Waals surface area contributed by atoms with E-state index in [-0.39, 0.29) is 10.7 Å². The molecule has 0 N–H and O–H groups in total. The maximum atomic E-state index is 12.4. The van der Waals surface area contributed by atoms with Crippen LogP contribution in [0.5, 0.6) is 23.0 Å². The molecule has 0 bridgehead atoms. The number of rotatable bonds is 7. The van der Waals surface area contributed by atoms with Gasteiger partial charge in [0.2, 0.25) is 0 Å². The molecule has 0 heterocycles. The van der Waals surface area contributed by atoms with Crippen LogP contribution in [-0.2, 0) is 5.41 Å². The van der Waals surface area contributed by atoms with Crippen LogP contribution < -0.4 is 18.9 Å². The molecule has 0 saturated heterocycles. The summed E-state index contributed by atoms with van der Waals surface area (Å²) >= 11 is 1.01. The van der Waals surface area contributed by atoms with Crippen LogP contribution in [-0.4, -0.2) is 24.8 Å². The van der Waals surface area contributed by atoms with Gasteiger partial charge in [-0.05, 0) is 88.8 Å². The Morgan fingerprint density at radius 3 is 1.34 bits per heavy atom. The molecule has 38 heavy (non-hydrogen) atoms. The number of carbonyl (C=O) groups excluding carboxylic acids is 2. The van der Waals surface area contributed by atoms with Gasteiger partial charge in [-0.15, -0.1) is 0 Å². The highest BCUT2D eigenvalue weighted by atomic mass is 32.2. The van der Waals surface area contributed by atoms with Gasteiger partial charge in [-0.1, -0.05) is 62.4 Å². The molecule has 0 saturated carbocycles. The predicted molar refractivity (Wildman–Crippen MR) is 150 cm³/mol. The average Bonchev–Trinajstić information content (AvgIpc) is 2.94. The zero-order valence-corrected chi connectivity index (χ0v) is 22.4. The first-order valence-electron chi connectivity index (χ1n) is 11.9. The van der Waals surface area contributed by atoms with E-state index in [0.717, 1.165) is 39.8 Å². The highest BCUT2D eigenvalue weighted by Gasteiger charge is 2.23. The summed E-state index contributed by atoms with van der Waals surface area (Å²) in [6, 6.07) is 29.6. The van der Waals surface area contributed by atoms with Crippen molar-refractivity contribution in [3.8, 4) is 34.1 Å². The minimum absolute atomic E-state index is 0.244. The summed E-state index contributed by atoms with van der Waals surface area (Å²) in [6.07, 6.45) is 0.845. The number of benzene rings is 4. The number of methoxy groups -OCH3 is 1.